The Kier molecular flexibility index (Phi) is 9.86. The molecule has 1 saturated heterocycles. The molecule has 2 aromatic rings. The molecule has 6 rings (SSSR count). The number of aliphatic hydroxyl groups excluding tert-OH is 1. The number of nitrogens with zero attached hydrogens (tertiary/aromatic N) is 1. The van der Waals surface area contributed by atoms with Gasteiger partial charge < -0.3 is 19.5 Å². The third kappa shape index (κ3) is 7.27. The number of aliphatic hydroxyl groups is 1. The highest BCUT2D eigenvalue weighted by Gasteiger charge is 2.37. The molecule has 2 bridgehead atoms. The smallest absolute Gasteiger partial charge is 0.264 e. The van der Waals surface area contributed by atoms with Gasteiger partial charge in [0, 0.05) is 30.3 Å². The number of anilines is 1. The molecular weight excluding hydrogens is 600 g/mol. The molecule has 0 unspecified atom stereocenters. The number of nitrogens with one attached hydrogen (secondary N) is 1. The van der Waals surface area contributed by atoms with Gasteiger partial charge in [0.25, 0.3) is 5.91 Å². The maximum atomic E-state index is 13.6. The first-order valence-corrected chi connectivity index (χ1v) is 18.0. The van der Waals surface area contributed by atoms with E-state index in [4.69, 9.17) is 21.1 Å². The van der Waals surface area contributed by atoms with Crippen molar-refractivity contribution in [3.05, 3.63) is 70.3 Å². The second kappa shape index (κ2) is 13.8. The first-order chi connectivity index (χ1) is 21.3. The molecule has 0 radical (unpaired) electrons. The maximum absolute atomic E-state index is 13.6. The average molecular weight is 643 g/mol. The molecule has 0 aromatic heterocycles. The van der Waals surface area contributed by atoms with Crippen LogP contribution in [0.2, 0.25) is 5.02 Å². The third-order valence-corrected chi connectivity index (χ3v) is 11.8. The molecule has 2 aromatic carbocycles. The highest BCUT2D eigenvalue weighted by Crippen LogP contribution is 2.41. The number of carbonyl (C=O) groups excluding carboxylic acids is 1. The molecule has 1 saturated carbocycles. The van der Waals surface area contributed by atoms with E-state index in [-0.39, 0.29) is 17.6 Å². The van der Waals surface area contributed by atoms with E-state index in [2.05, 4.69) is 9.62 Å². The lowest BCUT2D eigenvalue weighted by atomic mass is 9.70. The summed E-state index contributed by atoms with van der Waals surface area (Å²) in [5.41, 5.74) is 3.29. The average Bonchev–Trinajstić information content (AvgIpc) is 3.49. The van der Waals surface area contributed by atoms with Crippen LogP contribution < -0.4 is 14.4 Å². The Hall–Kier alpha value is -2.59. The second-order valence-corrected chi connectivity index (χ2v) is 15.2. The van der Waals surface area contributed by atoms with Crippen molar-refractivity contribution in [1.82, 2.24) is 4.72 Å². The fourth-order valence-electron chi connectivity index (χ4n) is 7.09. The summed E-state index contributed by atoms with van der Waals surface area (Å²) >= 11 is 6.32. The molecule has 2 N–H and O–H groups in total. The van der Waals surface area contributed by atoms with Gasteiger partial charge in [0.05, 0.1) is 23.1 Å². The van der Waals surface area contributed by atoms with Crippen LogP contribution in [0.25, 0.3) is 0 Å². The molecule has 5 atom stereocenters. The van der Waals surface area contributed by atoms with Crippen molar-refractivity contribution in [2.24, 2.45) is 11.8 Å². The van der Waals surface area contributed by atoms with Crippen LogP contribution in [0.3, 0.4) is 0 Å². The fraction of sp³-hybridized carbons (Fsp3) is 0.559. The lowest BCUT2D eigenvalue weighted by Crippen LogP contribution is -2.43. The summed E-state index contributed by atoms with van der Waals surface area (Å²) in [6, 6.07) is 11.1. The molecule has 3 heterocycles. The zero-order valence-electron chi connectivity index (χ0n) is 25.1. The zero-order valence-corrected chi connectivity index (χ0v) is 26.7. The Balaban J connectivity index is 1.35. The Morgan fingerprint density at radius 1 is 1.02 bits per heavy atom. The minimum Gasteiger partial charge on any atom is -0.487 e. The molecule has 4 aliphatic rings. The molecule has 44 heavy (non-hydrogen) atoms. The highest BCUT2D eigenvalue weighted by atomic mass is 35.5. The van der Waals surface area contributed by atoms with Gasteiger partial charge in [-0.2, -0.15) is 0 Å². The van der Waals surface area contributed by atoms with Crippen molar-refractivity contribution in [1.29, 1.82) is 0 Å². The minimum atomic E-state index is -3.99. The normalized spacial score (nSPS) is 30.0. The Morgan fingerprint density at radius 3 is 2.70 bits per heavy atom. The van der Waals surface area contributed by atoms with Crippen LogP contribution in [0.4, 0.5) is 5.69 Å². The number of carbonyl (C=O) groups is 1. The molecule has 2 fully saturated rings. The summed E-state index contributed by atoms with van der Waals surface area (Å²) in [6.45, 7) is 2.45. The van der Waals surface area contributed by atoms with Crippen molar-refractivity contribution in [2.45, 2.75) is 88.3 Å². The number of aryl methyl sites for hydroxylation is 1. The van der Waals surface area contributed by atoms with Gasteiger partial charge in [-0.05, 0) is 118 Å². The number of rotatable bonds is 2. The van der Waals surface area contributed by atoms with E-state index in [9.17, 15) is 18.3 Å². The molecular formula is C34H43ClN2O6S. The number of allylic oxidation sites excluding steroid dienone is 1. The zero-order chi connectivity index (χ0) is 30.7. The number of sulfonamides is 1. The topological polar surface area (TPSA) is 105 Å². The molecule has 3 aliphatic heterocycles. The molecule has 8 nitrogen and oxygen atoms in total. The summed E-state index contributed by atoms with van der Waals surface area (Å²) < 4.78 is 41.8. The van der Waals surface area contributed by atoms with Gasteiger partial charge in [-0.1, -0.05) is 29.8 Å². The molecule has 0 spiro atoms. The summed E-state index contributed by atoms with van der Waals surface area (Å²) in [7, 11) is -3.99. The van der Waals surface area contributed by atoms with Gasteiger partial charge in [0.2, 0.25) is 10.0 Å². The Labute approximate surface area is 265 Å². The van der Waals surface area contributed by atoms with Crippen LogP contribution in [-0.4, -0.2) is 56.6 Å². The number of hydrogen-bond acceptors (Lipinski definition) is 7. The highest BCUT2D eigenvalue weighted by molar-refractivity contribution is 7.90. The molecule has 1 amide bonds. The number of halogens is 1. The summed E-state index contributed by atoms with van der Waals surface area (Å²) in [5, 5.41) is 11.0. The van der Waals surface area contributed by atoms with E-state index in [1.54, 1.807) is 18.2 Å². The Bertz CT molecular complexity index is 1470. The van der Waals surface area contributed by atoms with Crippen molar-refractivity contribution in [2.75, 3.05) is 24.6 Å². The van der Waals surface area contributed by atoms with Crippen molar-refractivity contribution in [3.63, 3.8) is 0 Å². The fourth-order valence-corrected chi connectivity index (χ4v) is 8.74. The molecule has 238 valence electrons. The van der Waals surface area contributed by atoms with Gasteiger partial charge in [0.15, 0.2) is 0 Å². The first kappa shape index (κ1) is 31.4. The lowest BCUT2D eigenvalue weighted by Gasteiger charge is -2.42. The predicted molar refractivity (Wildman–Crippen MR) is 172 cm³/mol. The quantitative estimate of drug-likeness (QED) is 0.399. The largest absolute Gasteiger partial charge is 0.487 e. The predicted octanol–water partition coefficient (Wildman–Crippen LogP) is 5.80. The van der Waals surface area contributed by atoms with E-state index >= 15 is 0 Å². The lowest BCUT2D eigenvalue weighted by molar-refractivity contribution is 0.0461. The number of ether oxygens (including phenoxy) is 2. The molecule has 10 heteroatoms. The summed E-state index contributed by atoms with van der Waals surface area (Å²) in [6.07, 6.45) is 10.7. The van der Waals surface area contributed by atoms with Crippen LogP contribution in [0.1, 0.15) is 79.3 Å². The van der Waals surface area contributed by atoms with E-state index in [0.717, 1.165) is 69.3 Å². The van der Waals surface area contributed by atoms with Crippen molar-refractivity contribution in [3.8, 4) is 5.75 Å². The first-order valence-electron chi connectivity index (χ1n) is 16.1. The van der Waals surface area contributed by atoms with Gasteiger partial charge in [-0.25, -0.2) is 13.1 Å². The molecule has 1 aliphatic carbocycles. The number of hydrogen-bond donors (Lipinski definition) is 2. The van der Waals surface area contributed by atoms with Crippen molar-refractivity contribution < 1.29 is 27.8 Å². The number of amides is 1. The summed E-state index contributed by atoms with van der Waals surface area (Å²) in [5.74, 6) is 0.424. The third-order valence-electron chi connectivity index (χ3n) is 9.82. The number of benzene rings is 2. The van der Waals surface area contributed by atoms with Crippen molar-refractivity contribution >= 4 is 33.2 Å². The van der Waals surface area contributed by atoms with E-state index in [1.807, 2.05) is 30.4 Å². The van der Waals surface area contributed by atoms with E-state index < -0.39 is 27.3 Å². The monoisotopic (exact) mass is 642 g/mol. The minimum absolute atomic E-state index is 0.131. The van der Waals surface area contributed by atoms with Crippen LogP contribution in [0, 0.1) is 11.8 Å². The van der Waals surface area contributed by atoms with Gasteiger partial charge in [0.1, 0.15) is 12.4 Å². The van der Waals surface area contributed by atoms with Gasteiger partial charge >= 0.3 is 0 Å². The van der Waals surface area contributed by atoms with Gasteiger partial charge in [-0.15, -0.1) is 0 Å². The standard InChI is InChI=1S/C34H43ClN2O6S/c35-27-13-10-26-22-43-33-15-12-24-19-31(33)37(16-4-3-6-23(26)18-27)21-25-11-14-30(25)32(38)9-2-1-8-29(20-28-7-5-17-42-28)44(40,41)36-34(24)39/h2,9-10,12-13,15,18-19,25,28-30,32,38H,1,3-8,11,14,16-17,20-22H2,(H,36,39)/b9-2+/t25-,28+,29-,30+,32-/m0/s1. The summed E-state index contributed by atoms with van der Waals surface area (Å²) in [4.78, 5) is 15.8. The van der Waals surface area contributed by atoms with E-state index in [1.165, 1.54) is 5.56 Å². The Morgan fingerprint density at radius 2 is 1.91 bits per heavy atom. The van der Waals surface area contributed by atoms with Crippen LogP contribution in [-0.2, 0) is 27.8 Å². The number of fused-ring (bicyclic) bond motifs is 3. The SMILES string of the molecule is O=C1NS(=O)(=O)[C@H](C[C@H]2CCCO2)CC/C=C/[C@H](O)[C@@H]2CC[C@H]2CN2CCCCc3cc(Cl)ccc3COc3ccc1cc32. The van der Waals surface area contributed by atoms with Crippen LogP contribution in [0.15, 0.2) is 48.6 Å². The van der Waals surface area contributed by atoms with Crippen LogP contribution >= 0.6 is 11.6 Å². The van der Waals surface area contributed by atoms with Gasteiger partial charge in [-0.3, -0.25) is 4.79 Å². The second-order valence-electron chi connectivity index (χ2n) is 12.8. The maximum Gasteiger partial charge on any atom is 0.264 e. The van der Waals surface area contributed by atoms with Crippen LogP contribution in [0.5, 0.6) is 5.75 Å². The van der Waals surface area contributed by atoms with E-state index in [0.29, 0.717) is 49.2 Å².